The van der Waals surface area contributed by atoms with Gasteiger partial charge in [0, 0.05) is 39.7 Å². The number of aliphatic hydroxyl groups is 2. The Hall–Kier alpha value is -1.99. The van der Waals surface area contributed by atoms with Crippen LogP contribution in [0.3, 0.4) is 0 Å². The number of fused-ring (bicyclic) bond motifs is 5. The first kappa shape index (κ1) is 38.2. The summed E-state index contributed by atoms with van der Waals surface area (Å²) in [6.45, 7) is 16.5. The van der Waals surface area contributed by atoms with Crippen LogP contribution in [-0.2, 0) is 19.1 Å². The number of ketones is 1. The lowest BCUT2D eigenvalue weighted by Crippen LogP contribution is -2.68. The molecule has 2 N–H and O–H groups in total. The number of hydrogen-bond donors (Lipinski definition) is 2. The van der Waals surface area contributed by atoms with E-state index in [1.165, 1.54) is 19.3 Å². The van der Waals surface area contributed by atoms with Crippen molar-refractivity contribution in [3.8, 4) is 0 Å². The lowest BCUT2D eigenvalue weighted by molar-refractivity contribution is -0.191. The molecule has 13 unspecified atom stereocenters. The van der Waals surface area contributed by atoms with Gasteiger partial charge in [0.1, 0.15) is 0 Å². The smallest absolute Gasteiger partial charge is 0.313 e. The second-order valence-corrected chi connectivity index (χ2v) is 23.6. The van der Waals surface area contributed by atoms with E-state index in [1.807, 2.05) is 11.8 Å². The van der Waals surface area contributed by atoms with Crippen molar-refractivity contribution in [3.63, 3.8) is 0 Å². The second kappa shape index (κ2) is 11.6. The maximum atomic E-state index is 15.5. The predicted octanol–water partition coefficient (Wildman–Crippen LogP) is 8.75. The van der Waals surface area contributed by atoms with Crippen molar-refractivity contribution in [2.45, 2.75) is 175 Å². The zero-order valence-corrected chi connectivity index (χ0v) is 35.7. The quantitative estimate of drug-likeness (QED) is 0.198. The molecule has 8 saturated carbocycles. The summed E-state index contributed by atoms with van der Waals surface area (Å²) < 4.78 is 6.30. The van der Waals surface area contributed by atoms with Crippen LogP contribution in [0.25, 0.3) is 0 Å². The Kier molecular flexibility index (Phi) is 7.94. The fourth-order valence-corrected chi connectivity index (χ4v) is 17.2. The molecule has 56 heavy (non-hydrogen) atoms. The fraction of sp³-hybridized carbons (Fsp3) is 0.857. The first-order chi connectivity index (χ1) is 26.3. The Balaban J connectivity index is 1.04. The van der Waals surface area contributed by atoms with Crippen molar-refractivity contribution in [1.29, 1.82) is 0 Å². The Labute approximate surface area is 336 Å². The van der Waals surface area contributed by atoms with E-state index < -0.39 is 32.9 Å². The van der Waals surface area contributed by atoms with E-state index in [2.05, 4.69) is 59.8 Å². The summed E-state index contributed by atoms with van der Waals surface area (Å²) in [5.41, 5.74) is -3.88. The van der Waals surface area contributed by atoms with Crippen molar-refractivity contribution < 1.29 is 29.3 Å². The van der Waals surface area contributed by atoms with Crippen LogP contribution in [0.4, 0.5) is 0 Å². The molecule has 308 valence electrons. The number of carbonyl (C=O) groups is 3. The van der Waals surface area contributed by atoms with Gasteiger partial charge in [0.25, 0.3) is 5.91 Å². The topological polar surface area (TPSA) is 104 Å². The number of rotatable bonds is 7. The van der Waals surface area contributed by atoms with Gasteiger partial charge in [-0.2, -0.15) is 0 Å². The molecular formula is C49H71NO6. The summed E-state index contributed by atoms with van der Waals surface area (Å²) in [6.07, 6.45) is 22.4. The van der Waals surface area contributed by atoms with Crippen LogP contribution < -0.4 is 0 Å². The van der Waals surface area contributed by atoms with Crippen molar-refractivity contribution in [2.24, 2.45) is 73.4 Å². The van der Waals surface area contributed by atoms with Crippen LogP contribution in [0, 0.1) is 73.4 Å². The highest BCUT2D eigenvalue weighted by Gasteiger charge is 2.78. The van der Waals surface area contributed by atoms with Gasteiger partial charge in [-0.25, -0.2) is 0 Å². The van der Waals surface area contributed by atoms with Crippen LogP contribution in [-0.4, -0.2) is 63.2 Å². The number of ether oxygens (including phenoxy) is 1. The van der Waals surface area contributed by atoms with E-state index in [4.69, 9.17) is 4.74 Å². The highest BCUT2D eigenvalue weighted by molar-refractivity contribution is 6.00. The number of amides is 1. The van der Waals surface area contributed by atoms with Gasteiger partial charge >= 0.3 is 5.97 Å². The molecule has 12 aliphatic rings. The van der Waals surface area contributed by atoms with Crippen molar-refractivity contribution >= 4 is 17.7 Å². The molecule has 0 aromatic rings. The zero-order valence-electron chi connectivity index (χ0n) is 35.7. The lowest BCUT2D eigenvalue weighted by Gasteiger charge is -2.71. The second-order valence-electron chi connectivity index (χ2n) is 23.6. The molecule has 12 rings (SSSR count). The minimum absolute atomic E-state index is 0.0511. The summed E-state index contributed by atoms with van der Waals surface area (Å²) in [7, 11) is 0. The van der Waals surface area contributed by atoms with E-state index in [-0.39, 0.29) is 58.5 Å². The normalized spacial score (nSPS) is 51.7. The molecule has 11 aliphatic carbocycles. The van der Waals surface area contributed by atoms with Gasteiger partial charge in [0.2, 0.25) is 0 Å². The monoisotopic (exact) mass is 770 g/mol. The Morgan fingerprint density at radius 2 is 1.52 bits per heavy atom. The van der Waals surface area contributed by atoms with Crippen LogP contribution in [0.15, 0.2) is 23.8 Å². The molecule has 6 bridgehead atoms. The van der Waals surface area contributed by atoms with Crippen molar-refractivity contribution in [3.05, 3.63) is 23.8 Å². The molecule has 1 amide bonds. The average molecular weight is 770 g/mol. The molecule has 1 aliphatic heterocycles. The summed E-state index contributed by atoms with van der Waals surface area (Å²) >= 11 is 0. The van der Waals surface area contributed by atoms with Crippen molar-refractivity contribution in [2.75, 3.05) is 13.1 Å². The molecule has 0 aromatic carbocycles. The van der Waals surface area contributed by atoms with Gasteiger partial charge in [0.15, 0.2) is 11.4 Å². The number of carbonyl (C=O) groups excluding carboxylic acids is 3. The average Bonchev–Trinajstić information content (AvgIpc) is 3.62. The van der Waals surface area contributed by atoms with E-state index in [9.17, 15) is 15.0 Å². The van der Waals surface area contributed by atoms with E-state index in [1.54, 1.807) is 0 Å². The maximum Gasteiger partial charge on any atom is 0.313 e. The van der Waals surface area contributed by atoms with Crippen molar-refractivity contribution in [1.82, 2.24) is 4.90 Å². The van der Waals surface area contributed by atoms with Crippen LogP contribution >= 0.6 is 0 Å². The molecule has 2 spiro atoms. The van der Waals surface area contributed by atoms with Crippen LogP contribution in [0.1, 0.15) is 158 Å². The highest BCUT2D eigenvalue weighted by Crippen LogP contribution is 2.79. The molecular weight excluding hydrogens is 699 g/mol. The maximum absolute atomic E-state index is 15.5. The standard InChI is InChI=1S/C49H71NO6/c1-41(2)32-14-13-31(34(41)25-32)28-50(39(53)49-24-21-45(7,40(54)56-49)42(49,3)4)29-47(55)20-17-37-44(47,6)19-16-36-43(5)18-15-33(51)26-46(43)22-23-48(36,37)35(27-46)38(52)30-11-9-8-10-12-30/h22-23,27,30-34,36-37,51,55H,8-21,24-26,28-29H2,1-7H3. The number of esters is 1. The SMILES string of the molecule is CC1(C)C2CCC(CN(CC3(O)CCC4C56C=CC7(C=C5C(=O)C5CCCCC5)CC(O)CCC7(C)C6CCC43C)C(=O)C34CCC(C)(C(=O)O3)C4(C)C)C1C2. The summed E-state index contributed by atoms with van der Waals surface area (Å²) in [4.78, 5) is 46.2. The third kappa shape index (κ3) is 4.32. The molecule has 9 fully saturated rings. The molecule has 7 heteroatoms. The third-order valence-corrected chi connectivity index (χ3v) is 21.6. The van der Waals surface area contributed by atoms with Gasteiger partial charge in [-0.05, 0) is 137 Å². The summed E-state index contributed by atoms with van der Waals surface area (Å²) in [5, 5.41) is 24.7. The molecule has 1 saturated heterocycles. The van der Waals surface area contributed by atoms with Gasteiger partial charge in [-0.15, -0.1) is 0 Å². The highest BCUT2D eigenvalue weighted by atomic mass is 16.6. The third-order valence-electron chi connectivity index (χ3n) is 21.6. The number of aliphatic hydroxyl groups excluding tert-OH is 1. The molecule has 1 heterocycles. The Morgan fingerprint density at radius 3 is 2.18 bits per heavy atom. The molecule has 7 nitrogen and oxygen atoms in total. The van der Waals surface area contributed by atoms with E-state index in [0.717, 1.165) is 75.7 Å². The minimum Gasteiger partial charge on any atom is -0.448 e. The largest absolute Gasteiger partial charge is 0.448 e. The number of hydrogen-bond acceptors (Lipinski definition) is 6. The molecule has 13 atom stereocenters. The van der Waals surface area contributed by atoms with Crippen LogP contribution in [0.2, 0.25) is 0 Å². The van der Waals surface area contributed by atoms with E-state index in [0.29, 0.717) is 49.8 Å². The van der Waals surface area contributed by atoms with Gasteiger partial charge < -0.3 is 19.8 Å². The van der Waals surface area contributed by atoms with Gasteiger partial charge in [-0.1, -0.05) is 79.0 Å². The number of allylic oxidation sites excluding steroid dienone is 4. The minimum atomic E-state index is -1.22. The summed E-state index contributed by atoms with van der Waals surface area (Å²) in [5.74, 6) is 2.00. The predicted molar refractivity (Wildman–Crippen MR) is 215 cm³/mol. The first-order valence-electron chi connectivity index (χ1n) is 23.2. The first-order valence-corrected chi connectivity index (χ1v) is 23.2. The fourth-order valence-electron chi connectivity index (χ4n) is 17.2. The van der Waals surface area contributed by atoms with Gasteiger partial charge in [0.05, 0.1) is 23.7 Å². The molecule has 0 radical (unpaired) electrons. The Morgan fingerprint density at radius 1 is 0.821 bits per heavy atom. The number of Topliss-reactive ketones (excluding diaryl/α,β-unsaturated/α-hetero) is 1. The lowest BCUT2D eigenvalue weighted by atomic mass is 9.32. The summed E-state index contributed by atoms with van der Waals surface area (Å²) in [6, 6.07) is 0. The Bertz CT molecular complexity index is 1810. The zero-order chi connectivity index (χ0) is 39.7. The van der Waals surface area contributed by atoms with Gasteiger partial charge in [-0.3, -0.25) is 14.4 Å². The molecule has 0 aromatic heterocycles. The van der Waals surface area contributed by atoms with Crippen LogP contribution in [0.5, 0.6) is 0 Å². The number of nitrogens with zero attached hydrogens (tertiary/aromatic N) is 1. The van der Waals surface area contributed by atoms with E-state index >= 15 is 9.59 Å².